The highest BCUT2D eigenvalue weighted by atomic mass is 35.5. The van der Waals surface area contributed by atoms with Crippen LogP contribution in [0.4, 0.5) is 11.8 Å². The number of aromatic nitrogens is 3. The minimum atomic E-state index is -3.78. The van der Waals surface area contributed by atoms with Crippen molar-refractivity contribution in [3.63, 3.8) is 0 Å². The molecule has 152 valence electrons. The Bertz CT molecular complexity index is 1120. The van der Waals surface area contributed by atoms with Crippen LogP contribution >= 0.6 is 11.6 Å². The third kappa shape index (κ3) is 5.31. The Hall–Kier alpha value is -2.95. The summed E-state index contributed by atoms with van der Waals surface area (Å²) < 4.78 is 27.9. The molecule has 0 aliphatic heterocycles. The molecule has 2 aromatic heterocycles. The molecule has 29 heavy (non-hydrogen) atoms. The van der Waals surface area contributed by atoms with Gasteiger partial charge in [-0.05, 0) is 24.6 Å². The first-order chi connectivity index (χ1) is 13.7. The summed E-state index contributed by atoms with van der Waals surface area (Å²) in [5, 5.41) is 8.77. The molecule has 0 amide bonds. The molecule has 0 saturated carbocycles. The lowest BCUT2D eigenvalue weighted by atomic mass is 10.1. The summed E-state index contributed by atoms with van der Waals surface area (Å²) in [7, 11) is -3.78. The third-order valence-corrected chi connectivity index (χ3v) is 5.29. The molecule has 0 unspecified atom stereocenters. The molecule has 0 spiro atoms. The lowest BCUT2D eigenvalue weighted by molar-refractivity contribution is 0.319. The van der Waals surface area contributed by atoms with Crippen LogP contribution in [0, 0.1) is 6.92 Å². The topological polar surface area (TPSA) is 146 Å². The van der Waals surface area contributed by atoms with E-state index in [9.17, 15) is 8.42 Å². The molecular weight excluding hydrogens is 416 g/mol. The summed E-state index contributed by atoms with van der Waals surface area (Å²) in [4.78, 5) is 12.3. The van der Waals surface area contributed by atoms with Gasteiger partial charge in [0.25, 0.3) is 0 Å². The van der Waals surface area contributed by atoms with Crippen LogP contribution in [0.15, 0.2) is 47.5 Å². The van der Waals surface area contributed by atoms with E-state index in [1.807, 2.05) is 25.1 Å². The number of hydrogen-bond acceptors (Lipinski definition) is 8. The van der Waals surface area contributed by atoms with Crippen LogP contribution in [0.25, 0.3) is 11.3 Å². The average molecular weight is 435 g/mol. The molecule has 5 N–H and O–H groups in total. The van der Waals surface area contributed by atoms with E-state index in [0.717, 1.165) is 17.3 Å². The van der Waals surface area contributed by atoms with E-state index >= 15 is 0 Å². The van der Waals surface area contributed by atoms with Gasteiger partial charge >= 0.3 is 0 Å². The first-order valence-corrected chi connectivity index (χ1v) is 10.4. The van der Waals surface area contributed by atoms with Gasteiger partial charge in [-0.1, -0.05) is 23.7 Å². The van der Waals surface area contributed by atoms with E-state index in [1.165, 1.54) is 12.1 Å². The minimum absolute atomic E-state index is 0.0803. The number of nitrogens with one attached hydrogen (secondary N) is 1. The van der Waals surface area contributed by atoms with Gasteiger partial charge in [0, 0.05) is 22.7 Å². The summed E-state index contributed by atoms with van der Waals surface area (Å²) in [6.45, 7) is 2.57. The maximum Gasteiger partial charge on any atom is 0.239 e. The van der Waals surface area contributed by atoms with Gasteiger partial charge in [0.1, 0.15) is 17.3 Å². The van der Waals surface area contributed by atoms with Gasteiger partial charge in [-0.2, -0.15) is 4.98 Å². The fourth-order valence-electron chi connectivity index (χ4n) is 2.53. The van der Waals surface area contributed by atoms with Crippen molar-refractivity contribution < 1.29 is 13.2 Å². The number of hydrogen-bond donors (Lipinski definition) is 3. The van der Waals surface area contributed by atoms with Gasteiger partial charge < -0.3 is 15.8 Å². The van der Waals surface area contributed by atoms with Gasteiger partial charge in [-0.3, -0.25) is 0 Å². The SMILES string of the molecule is Cc1c(Cl)cccc1-c1cc(NCCOc2ccc(S(N)(=O)=O)cn2)nc(N)n1. The number of rotatable bonds is 7. The van der Waals surface area contributed by atoms with Crippen LogP contribution in [0.2, 0.25) is 5.02 Å². The Balaban J connectivity index is 1.63. The predicted octanol–water partition coefficient (Wildman–Crippen LogP) is 2.22. The quantitative estimate of drug-likeness (QED) is 0.479. The second-order valence-electron chi connectivity index (χ2n) is 6.06. The number of nitrogen functional groups attached to an aromatic ring is 1. The van der Waals surface area contributed by atoms with Gasteiger partial charge in [-0.15, -0.1) is 0 Å². The zero-order valence-corrected chi connectivity index (χ0v) is 17.0. The first kappa shape index (κ1) is 20.8. The first-order valence-electron chi connectivity index (χ1n) is 8.49. The van der Waals surface area contributed by atoms with Crippen LogP contribution in [0.3, 0.4) is 0 Å². The lowest BCUT2D eigenvalue weighted by Gasteiger charge is -2.11. The molecule has 0 radical (unpaired) electrons. The number of primary sulfonamides is 1. The highest BCUT2D eigenvalue weighted by Gasteiger charge is 2.10. The van der Waals surface area contributed by atoms with E-state index < -0.39 is 10.0 Å². The standard InChI is InChI=1S/C18H19ClN6O3S/c1-11-13(3-2-4-14(11)19)15-9-16(25-18(20)24-15)22-7-8-28-17-6-5-12(10-23-17)29(21,26)27/h2-6,9-10H,7-8H2,1H3,(H2,21,26,27)(H3,20,22,24,25). The molecule has 9 nitrogen and oxygen atoms in total. The molecule has 0 atom stereocenters. The average Bonchev–Trinajstić information content (AvgIpc) is 2.66. The normalized spacial score (nSPS) is 11.3. The molecular formula is C18H19ClN6O3S. The molecule has 0 fully saturated rings. The Morgan fingerprint density at radius 1 is 1.21 bits per heavy atom. The molecule has 0 saturated heterocycles. The smallest absolute Gasteiger partial charge is 0.239 e. The molecule has 2 heterocycles. The second-order valence-corrected chi connectivity index (χ2v) is 8.03. The van der Waals surface area contributed by atoms with Crippen molar-refractivity contribution in [1.82, 2.24) is 15.0 Å². The molecule has 0 aliphatic carbocycles. The van der Waals surface area contributed by atoms with E-state index in [4.69, 9.17) is 27.2 Å². The number of pyridine rings is 1. The molecule has 3 aromatic rings. The van der Waals surface area contributed by atoms with E-state index in [0.29, 0.717) is 23.1 Å². The zero-order valence-electron chi connectivity index (χ0n) is 15.5. The maximum absolute atomic E-state index is 11.2. The van der Waals surface area contributed by atoms with E-state index in [-0.39, 0.29) is 23.3 Å². The fraction of sp³-hybridized carbons (Fsp3) is 0.167. The zero-order chi connectivity index (χ0) is 21.0. The summed E-state index contributed by atoms with van der Waals surface area (Å²) >= 11 is 6.19. The van der Waals surface area contributed by atoms with Gasteiger partial charge in [0.05, 0.1) is 18.4 Å². The Kier molecular flexibility index (Phi) is 6.16. The van der Waals surface area contributed by atoms with Crippen molar-refractivity contribution in [1.29, 1.82) is 0 Å². The number of benzene rings is 1. The Morgan fingerprint density at radius 2 is 2.00 bits per heavy atom. The van der Waals surface area contributed by atoms with Crippen molar-refractivity contribution in [2.75, 3.05) is 24.2 Å². The van der Waals surface area contributed by atoms with Crippen molar-refractivity contribution in [3.8, 4) is 17.1 Å². The van der Waals surface area contributed by atoms with Crippen LogP contribution < -0.4 is 20.9 Å². The summed E-state index contributed by atoms with van der Waals surface area (Å²) in [5.41, 5.74) is 8.25. The lowest BCUT2D eigenvalue weighted by Crippen LogP contribution is -2.15. The highest BCUT2D eigenvalue weighted by Crippen LogP contribution is 2.28. The summed E-state index contributed by atoms with van der Waals surface area (Å²) in [5.74, 6) is 0.940. The maximum atomic E-state index is 11.2. The predicted molar refractivity (Wildman–Crippen MR) is 111 cm³/mol. The molecule has 11 heteroatoms. The van der Waals surface area contributed by atoms with Gasteiger partial charge in [0.15, 0.2) is 0 Å². The number of nitrogens with zero attached hydrogens (tertiary/aromatic N) is 3. The number of nitrogens with two attached hydrogens (primary N) is 2. The number of sulfonamides is 1. The third-order valence-electron chi connectivity index (χ3n) is 3.98. The highest BCUT2D eigenvalue weighted by molar-refractivity contribution is 7.89. The molecule has 1 aromatic carbocycles. The molecule has 3 rings (SSSR count). The van der Waals surface area contributed by atoms with Crippen molar-refractivity contribution >= 4 is 33.4 Å². The number of anilines is 2. The number of halogens is 1. The second kappa shape index (κ2) is 8.60. The molecule has 0 bridgehead atoms. The number of ether oxygens (including phenoxy) is 1. The van der Waals surface area contributed by atoms with E-state index in [1.54, 1.807) is 6.07 Å². The van der Waals surface area contributed by atoms with Gasteiger partial charge in [-0.25, -0.2) is 23.5 Å². The van der Waals surface area contributed by atoms with Crippen LogP contribution in [0.5, 0.6) is 5.88 Å². The summed E-state index contributed by atoms with van der Waals surface area (Å²) in [6, 6.07) is 10.1. The van der Waals surface area contributed by atoms with Crippen LogP contribution in [0.1, 0.15) is 5.56 Å². The Morgan fingerprint density at radius 3 is 2.69 bits per heavy atom. The van der Waals surface area contributed by atoms with Gasteiger partial charge in [0.2, 0.25) is 21.9 Å². The fourth-order valence-corrected chi connectivity index (χ4v) is 3.17. The summed E-state index contributed by atoms with van der Waals surface area (Å²) in [6.07, 6.45) is 1.14. The van der Waals surface area contributed by atoms with Crippen molar-refractivity contribution in [2.45, 2.75) is 11.8 Å². The van der Waals surface area contributed by atoms with Crippen molar-refractivity contribution in [2.24, 2.45) is 5.14 Å². The van der Waals surface area contributed by atoms with Crippen LogP contribution in [-0.2, 0) is 10.0 Å². The minimum Gasteiger partial charge on any atom is -0.476 e. The van der Waals surface area contributed by atoms with Crippen LogP contribution in [-0.4, -0.2) is 36.5 Å². The molecule has 0 aliphatic rings. The largest absolute Gasteiger partial charge is 0.476 e. The monoisotopic (exact) mass is 434 g/mol. The van der Waals surface area contributed by atoms with Crippen molar-refractivity contribution in [3.05, 3.63) is 53.2 Å². The van der Waals surface area contributed by atoms with E-state index in [2.05, 4.69) is 20.3 Å². The Labute approximate surface area is 173 Å².